The molecule has 0 spiro atoms. The zero-order valence-electron chi connectivity index (χ0n) is 15.2. The first-order valence-corrected chi connectivity index (χ1v) is 8.13. The number of ether oxygens (including phenoxy) is 1. The molecule has 0 N–H and O–H groups in total. The maximum absolute atomic E-state index is 12.6. The molecule has 0 aromatic heterocycles. The molecule has 0 fully saturated rings. The van der Waals surface area contributed by atoms with Crippen molar-refractivity contribution >= 4 is 17.5 Å². The Morgan fingerprint density at radius 2 is 1.76 bits per heavy atom. The number of carbonyl (C=O) groups is 2. The van der Waals surface area contributed by atoms with Crippen molar-refractivity contribution in [3.05, 3.63) is 59.7 Å². The second kappa shape index (κ2) is 8.33. The molecular weight excluding hydrogens is 316 g/mol. The fraction of sp³-hybridized carbons (Fsp3) is 0.300. The van der Waals surface area contributed by atoms with Gasteiger partial charge in [-0.2, -0.15) is 0 Å². The van der Waals surface area contributed by atoms with E-state index in [0.717, 1.165) is 11.1 Å². The first-order chi connectivity index (χ1) is 11.9. The molecule has 2 aromatic rings. The lowest BCUT2D eigenvalue weighted by molar-refractivity contribution is -0.130. The Morgan fingerprint density at radius 3 is 2.36 bits per heavy atom. The molecule has 0 aliphatic carbocycles. The first-order valence-electron chi connectivity index (χ1n) is 8.13. The van der Waals surface area contributed by atoms with Gasteiger partial charge < -0.3 is 9.64 Å². The van der Waals surface area contributed by atoms with Crippen molar-refractivity contribution in [1.29, 1.82) is 0 Å². The van der Waals surface area contributed by atoms with E-state index in [-0.39, 0.29) is 18.4 Å². The molecule has 5 nitrogen and oxygen atoms in total. The normalized spacial score (nSPS) is 10.2. The summed E-state index contributed by atoms with van der Waals surface area (Å²) in [6.07, 6.45) is 0. The molecule has 132 valence electrons. The lowest BCUT2D eigenvalue weighted by Gasteiger charge is -2.26. The molecule has 0 radical (unpaired) electrons. The van der Waals surface area contributed by atoms with E-state index in [2.05, 4.69) is 0 Å². The van der Waals surface area contributed by atoms with Crippen molar-refractivity contribution in [2.45, 2.75) is 20.4 Å². The number of anilines is 1. The lowest BCUT2D eigenvalue weighted by atomic mass is 10.2. The van der Waals surface area contributed by atoms with E-state index < -0.39 is 0 Å². The SMILES string of the molecule is COc1ccc(C)cc1N(CC(=O)N(C)Cc1ccccc1)C(C)=O. The van der Waals surface area contributed by atoms with Gasteiger partial charge in [-0.05, 0) is 30.2 Å². The highest BCUT2D eigenvalue weighted by molar-refractivity contribution is 5.98. The van der Waals surface area contributed by atoms with E-state index in [1.165, 1.54) is 11.8 Å². The van der Waals surface area contributed by atoms with E-state index in [4.69, 9.17) is 4.74 Å². The van der Waals surface area contributed by atoms with E-state index >= 15 is 0 Å². The Kier molecular flexibility index (Phi) is 6.17. The van der Waals surface area contributed by atoms with Gasteiger partial charge in [0.25, 0.3) is 0 Å². The number of methoxy groups -OCH3 is 1. The van der Waals surface area contributed by atoms with Crippen molar-refractivity contribution in [3.63, 3.8) is 0 Å². The molecule has 0 atom stereocenters. The Labute approximate surface area is 148 Å². The minimum atomic E-state index is -0.203. The van der Waals surface area contributed by atoms with Crippen LogP contribution in [-0.2, 0) is 16.1 Å². The summed E-state index contributed by atoms with van der Waals surface area (Å²) >= 11 is 0. The summed E-state index contributed by atoms with van der Waals surface area (Å²) in [5.74, 6) is 0.229. The monoisotopic (exact) mass is 340 g/mol. The fourth-order valence-corrected chi connectivity index (χ4v) is 2.58. The number of hydrogen-bond acceptors (Lipinski definition) is 3. The molecule has 2 amide bonds. The van der Waals surface area contributed by atoms with Gasteiger partial charge in [0, 0.05) is 20.5 Å². The maximum atomic E-state index is 12.6. The van der Waals surface area contributed by atoms with Gasteiger partial charge in [0.05, 0.1) is 12.8 Å². The number of amides is 2. The minimum absolute atomic E-state index is 0.0293. The summed E-state index contributed by atoms with van der Waals surface area (Å²) in [5, 5.41) is 0. The molecule has 0 bridgehead atoms. The third-order valence-corrected chi connectivity index (χ3v) is 3.99. The van der Waals surface area contributed by atoms with Gasteiger partial charge in [-0.3, -0.25) is 14.5 Å². The number of hydrogen-bond donors (Lipinski definition) is 0. The van der Waals surface area contributed by atoms with E-state index in [1.807, 2.05) is 49.4 Å². The number of benzene rings is 2. The summed E-state index contributed by atoms with van der Waals surface area (Å²) in [4.78, 5) is 27.8. The van der Waals surface area contributed by atoms with Crippen molar-refractivity contribution in [3.8, 4) is 5.75 Å². The average Bonchev–Trinajstić information content (AvgIpc) is 2.60. The van der Waals surface area contributed by atoms with Gasteiger partial charge in [-0.15, -0.1) is 0 Å². The summed E-state index contributed by atoms with van der Waals surface area (Å²) in [5.41, 5.74) is 2.64. The number of aryl methyl sites for hydroxylation is 1. The van der Waals surface area contributed by atoms with E-state index in [9.17, 15) is 9.59 Å². The number of carbonyl (C=O) groups excluding carboxylic acids is 2. The standard InChI is InChI=1S/C20H24N2O3/c1-15-10-11-19(25-4)18(12-15)22(16(2)23)14-20(24)21(3)13-17-8-6-5-7-9-17/h5-12H,13-14H2,1-4H3. The zero-order valence-corrected chi connectivity index (χ0v) is 15.2. The van der Waals surface area contributed by atoms with Gasteiger partial charge in [-0.1, -0.05) is 36.4 Å². The second-order valence-corrected chi connectivity index (χ2v) is 6.02. The average molecular weight is 340 g/mol. The Balaban J connectivity index is 2.17. The Morgan fingerprint density at radius 1 is 1.08 bits per heavy atom. The molecule has 0 heterocycles. The predicted molar refractivity (Wildman–Crippen MR) is 98.7 cm³/mol. The van der Waals surface area contributed by atoms with Gasteiger partial charge in [0.2, 0.25) is 11.8 Å². The van der Waals surface area contributed by atoms with Crippen LogP contribution < -0.4 is 9.64 Å². The predicted octanol–water partition coefficient (Wildman–Crippen LogP) is 3.02. The molecule has 0 saturated carbocycles. The summed E-state index contributed by atoms with van der Waals surface area (Å²) < 4.78 is 5.35. The number of likely N-dealkylation sites (N-methyl/N-ethyl adjacent to an activating group) is 1. The van der Waals surface area contributed by atoms with Crippen LogP contribution in [0, 0.1) is 6.92 Å². The molecule has 0 aliphatic heterocycles. The van der Waals surface area contributed by atoms with Crippen LogP contribution in [0.5, 0.6) is 5.75 Å². The summed E-state index contributed by atoms with van der Waals surface area (Å²) in [6.45, 7) is 3.85. The van der Waals surface area contributed by atoms with Gasteiger partial charge in [0.1, 0.15) is 12.3 Å². The van der Waals surface area contributed by atoms with Crippen LogP contribution in [0.25, 0.3) is 0 Å². The summed E-state index contributed by atoms with van der Waals surface area (Å²) in [6, 6.07) is 15.3. The molecule has 2 aromatic carbocycles. The van der Waals surface area contributed by atoms with Crippen LogP contribution in [0.15, 0.2) is 48.5 Å². The molecule has 0 unspecified atom stereocenters. The van der Waals surface area contributed by atoms with Crippen molar-refractivity contribution in [1.82, 2.24) is 4.90 Å². The highest BCUT2D eigenvalue weighted by Gasteiger charge is 2.21. The fourth-order valence-electron chi connectivity index (χ4n) is 2.58. The van der Waals surface area contributed by atoms with Crippen LogP contribution >= 0.6 is 0 Å². The molecule has 0 saturated heterocycles. The second-order valence-electron chi connectivity index (χ2n) is 6.02. The van der Waals surface area contributed by atoms with Crippen LogP contribution in [0.3, 0.4) is 0 Å². The van der Waals surface area contributed by atoms with Gasteiger partial charge >= 0.3 is 0 Å². The van der Waals surface area contributed by atoms with Crippen molar-refractivity contribution < 1.29 is 14.3 Å². The maximum Gasteiger partial charge on any atom is 0.242 e. The molecule has 0 aliphatic rings. The summed E-state index contributed by atoms with van der Waals surface area (Å²) in [7, 11) is 3.29. The van der Waals surface area contributed by atoms with Gasteiger partial charge in [-0.25, -0.2) is 0 Å². The van der Waals surface area contributed by atoms with E-state index in [1.54, 1.807) is 25.1 Å². The molecule has 25 heavy (non-hydrogen) atoms. The number of rotatable bonds is 6. The molecule has 5 heteroatoms. The zero-order chi connectivity index (χ0) is 18.4. The lowest BCUT2D eigenvalue weighted by Crippen LogP contribution is -2.40. The van der Waals surface area contributed by atoms with Crippen LogP contribution in [0.1, 0.15) is 18.1 Å². The quantitative estimate of drug-likeness (QED) is 0.812. The Bertz CT molecular complexity index is 744. The van der Waals surface area contributed by atoms with Crippen molar-refractivity contribution in [2.24, 2.45) is 0 Å². The minimum Gasteiger partial charge on any atom is -0.495 e. The smallest absolute Gasteiger partial charge is 0.242 e. The van der Waals surface area contributed by atoms with Crippen molar-refractivity contribution in [2.75, 3.05) is 25.6 Å². The van der Waals surface area contributed by atoms with E-state index in [0.29, 0.717) is 18.0 Å². The highest BCUT2D eigenvalue weighted by Crippen LogP contribution is 2.29. The third kappa shape index (κ3) is 4.83. The van der Waals surface area contributed by atoms with Crippen LogP contribution in [0.4, 0.5) is 5.69 Å². The van der Waals surface area contributed by atoms with Crippen LogP contribution in [0.2, 0.25) is 0 Å². The van der Waals surface area contributed by atoms with Gasteiger partial charge in [0.15, 0.2) is 0 Å². The molecular formula is C20H24N2O3. The number of nitrogens with zero attached hydrogens (tertiary/aromatic N) is 2. The third-order valence-electron chi connectivity index (χ3n) is 3.99. The topological polar surface area (TPSA) is 49.9 Å². The highest BCUT2D eigenvalue weighted by atomic mass is 16.5. The molecule has 2 rings (SSSR count). The largest absolute Gasteiger partial charge is 0.495 e. The first kappa shape index (κ1) is 18.5. The Hall–Kier alpha value is -2.82. The van der Waals surface area contributed by atoms with Crippen LogP contribution in [-0.4, -0.2) is 37.4 Å².